The van der Waals surface area contributed by atoms with Crippen LogP contribution in [0.4, 0.5) is 5.82 Å². The minimum atomic E-state index is -5.39. The SMILES string of the molecule is COC[C@H]1O[C@@H](n2cnc3c(N)ncnc32)[C@@H](O)C1OP(=O)([O-])OC[C@H]1O[C@@H](n2ccc(=O)[nH]c2=O)[C@@H](O)C1OP(=O)([O-])OC. The number of fused-ring (bicyclic) bond motifs is 1. The zero-order valence-electron chi connectivity index (χ0n) is 23.3. The highest BCUT2D eigenvalue weighted by Gasteiger charge is 2.50. The maximum Gasteiger partial charge on any atom is 0.330 e. The Hall–Kier alpha value is -2.95. The lowest BCUT2D eigenvalue weighted by Crippen LogP contribution is -2.40. The van der Waals surface area contributed by atoms with Crippen LogP contribution in [0.1, 0.15) is 12.5 Å². The van der Waals surface area contributed by atoms with E-state index in [-0.39, 0.29) is 23.6 Å². The van der Waals surface area contributed by atoms with Crippen molar-refractivity contribution in [1.29, 1.82) is 0 Å². The van der Waals surface area contributed by atoms with E-state index < -0.39 is 82.6 Å². The Balaban J connectivity index is 1.34. The maximum atomic E-state index is 13.0. The maximum absolute atomic E-state index is 13.0. The van der Waals surface area contributed by atoms with Crippen LogP contribution in [0.15, 0.2) is 34.5 Å². The number of phosphoric ester groups is 2. The van der Waals surface area contributed by atoms with Crippen molar-refractivity contribution in [1.82, 2.24) is 29.1 Å². The molecule has 248 valence electrons. The number of nitrogens with zero attached hydrogens (tertiary/aromatic N) is 5. The van der Waals surface area contributed by atoms with Gasteiger partial charge in [-0.05, 0) is 0 Å². The first kappa shape index (κ1) is 33.4. The van der Waals surface area contributed by atoms with Crippen molar-refractivity contribution in [3.05, 3.63) is 45.8 Å². The largest absolute Gasteiger partial charge is 0.756 e. The van der Waals surface area contributed by atoms with Gasteiger partial charge in [0.05, 0.1) is 19.5 Å². The van der Waals surface area contributed by atoms with Crippen molar-refractivity contribution in [3.8, 4) is 0 Å². The van der Waals surface area contributed by atoms with Crippen molar-refractivity contribution < 1.29 is 61.4 Å². The molecular formula is C21H27N7O15P2-2. The van der Waals surface area contributed by atoms with Crippen LogP contribution in [0.5, 0.6) is 0 Å². The molecule has 10 atom stereocenters. The van der Waals surface area contributed by atoms with Crippen LogP contribution in [0, 0.1) is 0 Å². The third kappa shape index (κ3) is 6.93. The molecule has 2 fully saturated rings. The zero-order valence-corrected chi connectivity index (χ0v) is 25.0. The van der Waals surface area contributed by atoms with Gasteiger partial charge in [-0.15, -0.1) is 0 Å². The number of nitrogens with two attached hydrogens (primary N) is 1. The van der Waals surface area contributed by atoms with Crippen molar-refractivity contribution in [2.24, 2.45) is 0 Å². The van der Waals surface area contributed by atoms with E-state index in [1.807, 2.05) is 4.98 Å². The second-order valence-electron chi connectivity index (χ2n) is 9.68. The fourth-order valence-corrected chi connectivity index (χ4v) is 6.41. The van der Waals surface area contributed by atoms with E-state index in [0.717, 1.165) is 30.3 Å². The van der Waals surface area contributed by atoms with Gasteiger partial charge in [-0.25, -0.2) is 19.7 Å². The molecule has 45 heavy (non-hydrogen) atoms. The average Bonchev–Trinajstić information content (AvgIpc) is 3.63. The van der Waals surface area contributed by atoms with Crippen LogP contribution in [0.2, 0.25) is 0 Å². The van der Waals surface area contributed by atoms with E-state index in [1.54, 1.807) is 0 Å². The second kappa shape index (κ2) is 13.0. The summed E-state index contributed by atoms with van der Waals surface area (Å²) < 4.78 is 62.7. The number of imidazole rings is 1. The lowest BCUT2D eigenvalue weighted by atomic mass is 10.1. The fraction of sp³-hybridized carbons (Fsp3) is 0.571. The normalized spacial score (nSPS) is 31.2. The Kier molecular flexibility index (Phi) is 9.69. The van der Waals surface area contributed by atoms with Crippen LogP contribution in [0.25, 0.3) is 11.2 Å². The number of hydrogen-bond donors (Lipinski definition) is 4. The summed E-state index contributed by atoms with van der Waals surface area (Å²) in [5.41, 5.74) is 4.39. The predicted octanol–water partition coefficient (Wildman–Crippen LogP) is -3.51. The monoisotopic (exact) mass is 679 g/mol. The van der Waals surface area contributed by atoms with Crippen LogP contribution in [-0.4, -0.2) is 103 Å². The van der Waals surface area contributed by atoms with Crippen LogP contribution in [0.3, 0.4) is 0 Å². The number of aliphatic hydroxyl groups excluding tert-OH is 2. The Morgan fingerprint density at radius 2 is 1.60 bits per heavy atom. The number of nitrogens with one attached hydrogen (secondary N) is 1. The molecule has 3 aromatic heterocycles. The molecule has 0 bridgehead atoms. The van der Waals surface area contributed by atoms with Crippen LogP contribution >= 0.6 is 15.6 Å². The fourth-order valence-electron chi connectivity index (χ4n) is 4.81. The Bertz CT molecular complexity index is 1730. The van der Waals surface area contributed by atoms with E-state index in [0.29, 0.717) is 0 Å². The highest BCUT2D eigenvalue weighted by atomic mass is 31.2. The molecule has 5 rings (SSSR count). The van der Waals surface area contributed by atoms with Crippen molar-refractivity contribution >= 4 is 32.6 Å². The van der Waals surface area contributed by atoms with Crippen LogP contribution in [-0.2, 0) is 41.4 Å². The summed E-state index contributed by atoms with van der Waals surface area (Å²) in [6.45, 7) is -1.24. The van der Waals surface area contributed by atoms with Crippen molar-refractivity contribution in [2.45, 2.75) is 49.1 Å². The summed E-state index contributed by atoms with van der Waals surface area (Å²) in [6, 6.07) is 0.928. The third-order valence-corrected chi connectivity index (χ3v) is 8.77. The van der Waals surface area contributed by atoms with Gasteiger partial charge in [-0.3, -0.25) is 28.0 Å². The average molecular weight is 679 g/mol. The standard InChI is InChI=1S/C21H29N7O15P2/c1-37-5-9-15(14(31)20(40-9)28-8-25-12-17(22)23-7-24-18(12)28)43-45(35,36)39-6-10-16(42-44(33,34)38-2)13(30)19(41-10)27-4-3-11(29)26-21(27)32/h3-4,7-10,13-16,19-20,30-31H,5-6H2,1-2H3,(H,33,34)(H,35,36)(H2,22,23,24)(H,26,29,32)/p-2/t9-,10-,13+,14+,15?,16?,19-,20-/m1/s1. The molecule has 0 radical (unpaired) electrons. The van der Waals surface area contributed by atoms with Gasteiger partial charge in [0, 0.05) is 26.5 Å². The lowest BCUT2D eigenvalue weighted by Gasteiger charge is -2.31. The number of H-pyrrole nitrogens is 1. The highest BCUT2D eigenvalue weighted by Crippen LogP contribution is 2.48. The van der Waals surface area contributed by atoms with Gasteiger partial charge in [-0.1, -0.05) is 0 Å². The number of phosphoric acid groups is 2. The topological polar surface area (TPSA) is 310 Å². The van der Waals surface area contributed by atoms with Gasteiger partial charge in [0.2, 0.25) is 0 Å². The number of ether oxygens (including phenoxy) is 3. The number of aromatic nitrogens is 6. The quantitative estimate of drug-likeness (QED) is 0.135. The van der Waals surface area contributed by atoms with Gasteiger partial charge >= 0.3 is 5.69 Å². The molecular weight excluding hydrogens is 652 g/mol. The molecule has 22 nitrogen and oxygen atoms in total. The molecule has 0 spiro atoms. The summed E-state index contributed by atoms with van der Waals surface area (Å²) in [4.78, 5) is 62.7. The van der Waals surface area contributed by atoms with E-state index >= 15 is 0 Å². The number of aliphatic hydroxyl groups is 2. The lowest BCUT2D eigenvalue weighted by molar-refractivity contribution is -0.238. The van der Waals surface area contributed by atoms with Crippen molar-refractivity contribution in [3.63, 3.8) is 0 Å². The number of rotatable bonds is 12. The summed E-state index contributed by atoms with van der Waals surface area (Å²) in [5, 5.41) is 21.9. The number of aromatic amines is 1. The zero-order chi connectivity index (χ0) is 32.7. The number of nitrogen functional groups attached to an aromatic ring is 1. The summed E-state index contributed by atoms with van der Waals surface area (Å²) in [5.74, 6) is 0.0537. The molecule has 0 aliphatic carbocycles. The molecule has 3 aromatic rings. The minimum Gasteiger partial charge on any atom is -0.756 e. The van der Waals surface area contributed by atoms with E-state index in [4.69, 9.17) is 33.5 Å². The predicted molar refractivity (Wildman–Crippen MR) is 141 cm³/mol. The Labute approximate surface area is 251 Å². The summed E-state index contributed by atoms with van der Waals surface area (Å²) >= 11 is 0. The van der Waals surface area contributed by atoms with Gasteiger partial charge in [0.1, 0.15) is 48.5 Å². The first-order valence-corrected chi connectivity index (χ1v) is 15.8. The number of methoxy groups -OCH3 is 1. The van der Waals surface area contributed by atoms with Gasteiger partial charge in [-0.2, -0.15) is 0 Å². The summed E-state index contributed by atoms with van der Waals surface area (Å²) in [7, 11) is -8.37. The van der Waals surface area contributed by atoms with E-state index in [9.17, 15) is 38.7 Å². The van der Waals surface area contributed by atoms with Gasteiger partial charge < -0.3 is 58.0 Å². The molecule has 4 unspecified atom stereocenters. The Morgan fingerprint density at radius 3 is 2.22 bits per heavy atom. The van der Waals surface area contributed by atoms with Crippen molar-refractivity contribution in [2.75, 3.05) is 33.2 Å². The molecule has 0 amide bonds. The van der Waals surface area contributed by atoms with Gasteiger partial charge in [0.25, 0.3) is 21.2 Å². The van der Waals surface area contributed by atoms with Gasteiger partial charge in [0.15, 0.2) is 23.9 Å². The van der Waals surface area contributed by atoms with Crippen LogP contribution < -0.4 is 26.8 Å². The Morgan fingerprint density at radius 1 is 0.978 bits per heavy atom. The first-order valence-electron chi connectivity index (χ1n) is 12.8. The molecule has 0 aromatic carbocycles. The summed E-state index contributed by atoms with van der Waals surface area (Å²) in [6.07, 6.45) is -9.40. The molecule has 2 aliphatic heterocycles. The van der Waals surface area contributed by atoms with E-state index in [2.05, 4.69) is 19.5 Å². The first-order chi connectivity index (χ1) is 21.2. The molecule has 2 saturated heterocycles. The molecule has 24 heteroatoms. The molecule has 2 aliphatic rings. The highest BCUT2D eigenvalue weighted by molar-refractivity contribution is 7.46. The molecule has 5 heterocycles. The van der Waals surface area contributed by atoms with E-state index in [1.165, 1.54) is 18.0 Å². The smallest absolute Gasteiger partial charge is 0.330 e. The minimum absolute atomic E-state index is 0.0537. The number of anilines is 1. The second-order valence-corrected chi connectivity index (χ2v) is 12.5. The molecule has 0 saturated carbocycles. The molecule has 5 N–H and O–H groups in total. The third-order valence-electron chi connectivity index (χ3n) is 6.86. The number of hydrogen-bond acceptors (Lipinski definition) is 19.